The molecule has 1 N–H and O–H groups in total. The lowest BCUT2D eigenvalue weighted by Gasteiger charge is -2.15. The van der Waals surface area contributed by atoms with Crippen molar-refractivity contribution in [3.63, 3.8) is 0 Å². The molecule has 0 aliphatic heterocycles. The first-order valence-corrected chi connectivity index (χ1v) is 10.4. The van der Waals surface area contributed by atoms with Crippen LogP contribution in [0.4, 0.5) is 11.5 Å². The molecule has 0 bridgehead atoms. The predicted molar refractivity (Wildman–Crippen MR) is 120 cm³/mol. The van der Waals surface area contributed by atoms with Gasteiger partial charge in [-0.15, -0.1) is 0 Å². The van der Waals surface area contributed by atoms with E-state index in [-0.39, 0.29) is 11.7 Å². The minimum absolute atomic E-state index is 0.303. The van der Waals surface area contributed by atoms with E-state index in [1.165, 1.54) is 17.9 Å². The topological polar surface area (TPSA) is 134 Å². The maximum atomic E-state index is 13.1. The maximum Gasteiger partial charge on any atom is 0.390 e. The van der Waals surface area contributed by atoms with E-state index in [0.717, 1.165) is 5.56 Å². The number of methoxy groups -OCH3 is 1. The number of carbonyl (C=O) groups is 2. The first-order chi connectivity index (χ1) is 15.7. The number of amides is 1. The van der Waals surface area contributed by atoms with E-state index in [1.54, 1.807) is 30.7 Å². The van der Waals surface area contributed by atoms with E-state index in [9.17, 15) is 19.7 Å². The summed E-state index contributed by atoms with van der Waals surface area (Å²) in [5, 5.41) is 22.5. The molecule has 3 rings (SSSR count). The molecule has 0 spiro atoms. The quantitative estimate of drug-likeness (QED) is 0.313. The number of nitrogens with one attached hydrogen (secondary N) is 1. The third-order valence-corrected chi connectivity index (χ3v) is 5.45. The molecule has 3 aromatic rings. The molecule has 0 saturated carbocycles. The standard InChI is InChI=1S/C22H26N6O5/c1-6-18(27-13(2)11-19(25-27)28(31)32)21(29)23-20-14(3)24-26(15(20)4)12-16-9-7-8-10-17(16)22(30)33-5/h7-11,18H,6,12H2,1-5H3,(H,23,29). The van der Waals surface area contributed by atoms with Gasteiger partial charge >= 0.3 is 11.8 Å². The van der Waals surface area contributed by atoms with E-state index in [1.807, 2.05) is 26.0 Å². The zero-order valence-corrected chi connectivity index (χ0v) is 19.2. The van der Waals surface area contributed by atoms with Gasteiger partial charge < -0.3 is 20.2 Å². The van der Waals surface area contributed by atoms with Crippen LogP contribution in [0.15, 0.2) is 30.3 Å². The molecule has 11 heteroatoms. The number of aryl methyl sites for hydroxylation is 2. The SMILES string of the molecule is CCC(C(=O)Nc1c(C)nn(Cc2ccccc2C(=O)OC)c1C)n1nc([N+](=O)[O-])cc1C. The molecular weight excluding hydrogens is 428 g/mol. The molecule has 33 heavy (non-hydrogen) atoms. The van der Waals surface area contributed by atoms with Crippen LogP contribution in [-0.4, -0.2) is 43.5 Å². The Kier molecular flexibility index (Phi) is 6.90. The van der Waals surface area contributed by atoms with Crippen LogP contribution in [0.3, 0.4) is 0 Å². The summed E-state index contributed by atoms with van der Waals surface area (Å²) in [5.74, 6) is -1.09. The number of anilines is 1. The zero-order chi connectivity index (χ0) is 24.3. The monoisotopic (exact) mass is 454 g/mol. The van der Waals surface area contributed by atoms with E-state index in [4.69, 9.17) is 4.74 Å². The van der Waals surface area contributed by atoms with Crippen molar-refractivity contribution in [2.24, 2.45) is 0 Å². The second-order valence-corrected chi connectivity index (χ2v) is 7.61. The number of rotatable bonds is 8. The highest BCUT2D eigenvalue weighted by molar-refractivity contribution is 5.95. The van der Waals surface area contributed by atoms with E-state index in [2.05, 4.69) is 15.5 Å². The van der Waals surface area contributed by atoms with Gasteiger partial charge in [0.25, 0.3) is 5.91 Å². The third kappa shape index (κ3) is 4.76. The van der Waals surface area contributed by atoms with Gasteiger partial charge in [0, 0.05) is 0 Å². The van der Waals surface area contributed by atoms with E-state index < -0.39 is 16.9 Å². The van der Waals surface area contributed by atoms with Crippen molar-refractivity contribution in [1.82, 2.24) is 19.6 Å². The van der Waals surface area contributed by atoms with Crippen molar-refractivity contribution >= 4 is 23.4 Å². The lowest BCUT2D eigenvalue weighted by Crippen LogP contribution is -2.27. The lowest BCUT2D eigenvalue weighted by molar-refractivity contribution is -0.389. The normalized spacial score (nSPS) is 11.8. The van der Waals surface area contributed by atoms with Crippen molar-refractivity contribution in [3.8, 4) is 0 Å². The molecule has 1 unspecified atom stereocenters. The number of carbonyl (C=O) groups excluding carboxylic acids is 2. The molecule has 0 fully saturated rings. The Morgan fingerprint density at radius 2 is 1.91 bits per heavy atom. The first kappa shape index (κ1) is 23.6. The Bertz CT molecular complexity index is 1210. The summed E-state index contributed by atoms with van der Waals surface area (Å²) < 4.78 is 7.93. The van der Waals surface area contributed by atoms with Crippen LogP contribution >= 0.6 is 0 Å². The van der Waals surface area contributed by atoms with Crippen molar-refractivity contribution in [2.75, 3.05) is 12.4 Å². The second-order valence-electron chi connectivity index (χ2n) is 7.61. The second kappa shape index (κ2) is 9.63. The van der Waals surface area contributed by atoms with Gasteiger partial charge in [0.05, 0.1) is 53.2 Å². The van der Waals surface area contributed by atoms with Gasteiger partial charge in [0.1, 0.15) is 0 Å². The minimum Gasteiger partial charge on any atom is -0.465 e. The Morgan fingerprint density at radius 1 is 1.21 bits per heavy atom. The first-order valence-electron chi connectivity index (χ1n) is 10.4. The number of hydrogen-bond donors (Lipinski definition) is 1. The molecule has 0 aliphatic rings. The molecule has 1 aromatic carbocycles. The molecule has 2 aromatic heterocycles. The Morgan fingerprint density at radius 3 is 2.52 bits per heavy atom. The fraction of sp³-hybridized carbons (Fsp3) is 0.364. The van der Waals surface area contributed by atoms with Gasteiger partial charge in [0.15, 0.2) is 6.04 Å². The summed E-state index contributed by atoms with van der Waals surface area (Å²) in [6.45, 7) is 7.39. The molecule has 1 atom stereocenters. The zero-order valence-electron chi connectivity index (χ0n) is 19.2. The van der Waals surface area contributed by atoms with Gasteiger partial charge in [0.2, 0.25) is 0 Å². The summed E-state index contributed by atoms with van der Waals surface area (Å²) >= 11 is 0. The highest BCUT2D eigenvalue weighted by Crippen LogP contribution is 2.25. The molecule has 11 nitrogen and oxygen atoms in total. The number of nitrogens with zero attached hydrogens (tertiary/aromatic N) is 5. The maximum absolute atomic E-state index is 13.1. The van der Waals surface area contributed by atoms with Crippen LogP contribution in [0.25, 0.3) is 0 Å². The van der Waals surface area contributed by atoms with Crippen molar-refractivity contribution in [1.29, 1.82) is 0 Å². The number of aromatic nitrogens is 4. The molecule has 0 radical (unpaired) electrons. The van der Waals surface area contributed by atoms with Crippen molar-refractivity contribution < 1.29 is 19.2 Å². The fourth-order valence-electron chi connectivity index (χ4n) is 3.71. The molecular formula is C22H26N6O5. The highest BCUT2D eigenvalue weighted by atomic mass is 16.6. The third-order valence-electron chi connectivity index (χ3n) is 5.45. The molecule has 2 heterocycles. The van der Waals surface area contributed by atoms with Crippen LogP contribution in [0, 0.1) is 30.9 Å². The Balaban J connectivity index is 1.87. The highest BCUT2D eigenvalue weighted by Gasteiger charge is 2.28. The summed E-state index contributed by atoms with van der Waals surface area (Å²) in [6.07, 6.45) is 0.393. The van der Waals surface area contributed by atoms with Gasteiger partial charge in [-0.1, -0.05) is 25.1 Å². The van der Waals surface area contributed by atoms with E-state index in [0.29, 0.717) is 41.3 Å². The summed E-state index contributed by atoms with van der Waals surface area (Å²) in [6, 6.07) is 7.71. The van der Waals surface area contributed by atoms with Gasteiger partial charge in [-0.2, -0.15) is 9.78 Å². The Labute approximate surface area is 190 Å². The average molecular weight is 454 g/mol. The van der Waals surface area contributed by atoms with Gasteiger partial charge in [-0.25, -0.2) is 4.79 Å². The predicted octanol–water partition coefficient (Wildman–Crippen LogP) is 3.34. The fourth-order valence-corrected chi connectivity index (χ4v) is 3.71. The number of nitro groups is 1. The molecule has 0 aliphatic carbocycles. The van der Waals surface area contributed by atoms with Crippen LogP contribution in [-0.2, 0) is 16.1 Å². The number of hydrogen-bond acceptors (Lipinski definition) is 7. The van der Waals surface area contributed by atoms with Gasteiger partial charge in [-0.05, 0) is 43.7 Å². The summed E-state index contributed by atoms with van der Waals surface area (Å²) in [4.78, 5) is 35.6. The summed E-state index contributed by atoms with van der Waals surface area (Å²) in [7, 11) is 1.33. The van der Waals surface area contributed by atoms with E-state index >= 15 is 0 Å². The molecule has 174 valence electrons. The molecule has 1 amide bonds. The molecule has 0 saturated heterocycles. The van der Waals surface area contributed by atoms with Crippen LogP contribution in [0.1, 0.15) is 52.4 Å². The Hall–Kier alpha value is -4.02. The number of ether oxygens (including phenoxy) is 1. The summed E-state index contributed by atoms with van der Waals surface area (Å²) in [5.41, 5.74) is 3.56. The van der Waals surface area contributed by atoms with Crippen LogP contribution in [0.2, 0.25) is 0 Å². The lowest BCUT2D eigenvalue weighted by atomic mass is 10.1. The average Bonchev–Trinajstić information content (AvgIpc) is 3.29. The number of benzene rings is 1. The largest absolute Gasteiger partial charge is 0.465 e. The smallest absolute Gasteiger partial charge is 0.390 e. The minimum atomic E-state index is -0.721. The van der Waals surface area contributed by atoms with Crippen molar-refractivity contribution in [3.05, 3.63) is 68.7 Å². The van der Waals surface area contributed by atoms with Crippen molar-refractivity contribution in [2.45, 2.75) is 46.7 Å². The van der Waals surface area contributed by atoms with Gasteiger partial charge in [-0.3, -0.25) is 9.48 Å². The van der Waals surface area contributed by atoms with Crippen LogP contribution in [0.5, 0.6) is 0 Å². The number of esters is 1. The van der Waals surface area contributed by atoms with Crippen LogP contribution < -0.4 is 5.32 Å².